The monoisotopic (exact) mass is 265 g/mol. The van der Waals surface area contributed by atoms with Gasteiger partial charge in [-0.3, -0.25) is 10.0 Å². The van der Waals surface area contributed by atoms with E-state index < -0.39 is 11.7 Å². The largest absolute Gasteiger partial charge is 0.364 e. The molecule has 2 saturated carbocycles. The molecule has 0 unspecified atom stereocenters. The van der Waals surface area contributed by atoms with E-state index in [4.69, 9.17) is 5.21 Å². The average Bonchev–Trinajstić information content (AvgIpc) is 3.29. The van der Waals surface area contributed by atoms with Crippen molar-refractivity contribution in [1.29, 1.82) is 0 Å². The highest BCUT2D eigenvalue weighted by Crippen LogP contribution is 2.45. The second kappa shape index (κ2) is 4.77. The van der Waals surface area contributed by atoms with Crippen molar-refractivity contribution in [3.8, 4) is 0 Å². The predicted molar refractivity (Wildman–Crippen MR) is 66.3 cm³/mol. The minimum Gasteiger partial charge on any atom is -0.364 e. The van der Waals surface area contributed by atoms with Crippen LogP contribution < -0.4 is 10.8 Å². The topological polar surface area (TPSA) is 74.2 Å². The number of hydrogen-bond acceptors (Lipinski definition) is 4. The second-order valence-corrected chi connectivity index (χ2v) is 5.34. The molecular weight excluding hydrogens is 249 g/mol. The summed E-state index contributed by atoms with van der Waals surface area (Å²) in [5.74, 6) is 0.132. The summed E-state index contributed by atoms with van der Waals surface area (Å²) in [5.41, 5.74) is 1.46. The van der Waals surface area contributed by atoms with Gasteiger partial charge in [0.2, 0.25) is 0 Å². The van der Waals surface area contributed by atoms with Gasteiger partial charge in [-0.05, 0) is 43.6 Å². The fourth-order valence-corrected chi connectivity index (χ4v) is 2.42. The van der Waals surface area contributed by atoms with Gasteiger partial charge in [0.25, 0.3) is 5.91 Å². The maximum atomic E-state index is 13.9. The van der Waals surface area contributed by atoms with Crippen LogP contribution in [0, 0.1) is 17.7 Å². The third kappa shape index (κ3) is 2.68. The first kappa shape index (κ1) is 12.3. The highest BCUT2D eigenvalue weighted by atomic mass is 19.1. The number of hydrogen-bond donors (Lipinski definition) is 3. The number of amides is 1. The van der Waals surface area contributed by atoms with Crippen LogP contribution in [-0.4, -0.2) is 22.1 Å². The van der Waals surface area contributed by atoms with Crippen molar-refractivity contribution >= 4 is 11.7 Å². The summed E-state index contributed by atoms with van der Waals surface area (Å²) < 4.78 is 13.9. The molecule has 1 aromatic heterocycles. The molecule has 19 heavy (non-hydrogen) atoms. The Labute approximate surface area is 110 Å². The number of nitrogens with one attached hydrogen (secondary N) is 2. The number of anilines is 1. The summed E-state index contributed by atoms with van der Waals surface area (Å²) in [5, 5.41) is 11.7. The summed E-state index contributed by atoms with van der Waals surface area (Å²) in [4.78, 5) is 15.1. The van der Waals surface area contributed by atoms with Crippen molar-refractivity contribution in [3.63, 3.8) is 0 Å². The molecule has 0 atom stereocenters. The molecule has 0 radical (unpaired) electrons. The Hall–Kier alpha value is -1.69. The van der Waals surface area contributed by atoms with Crippen molar-refractivity contribution in [2.24, 2.45) is 11.8 Å². The minimum absolute atomic E-state index is 0.0000520. The molecule has 2 aliphatic carbocycles. The molecule has 5 nitrogen and oxygen atoms in total. The van der Waals surface area contributed by atoms with E-state index >= 15 is 0 Å². The van der Waals surface area contributed by atoms with E-state index in [2.05, 4.69) is 10.3 Å². The lowest BCUT2D eigenvalue weighted by molar-refractivity contribution is 0.0705. The van der Waals surface area contributed by atoms with Crippen molar-refractivity contribution in [2.45, 2.75) is 31.7 Å². The van der Waals surface area contributed by atoms with Crippen molar-refractivity contribution in [2.75, 3.05) is 5.32 Å². The first-order chi connectivity index (χ1) is 9.19. The summed E-state index contributed by atoms with van der Waals surface area (Å²) in [6.07, 6.45) is 6.04. The molecule has 2 fully saturated rings. The Balaban J connectivity index is 1.75. The molecule has 1 heterocycles. The molecular formula is C13H16FN3O2. The van der Waals surface area contributed by atoms with Crippen LogP contribution in [0.1, 0.15) is 36.0 Å². The number of nitrogens with zero attached hydrogens (tertiary/aromatic N) is 1. The van der Waals surface area contributed by atoms with Gasteiger partial charge in [-0.25, -0.2) is 14.9 Å². The van der Waals surface area contributed by atoms with E-state index in [9.17, 15) is 9.18 Å². The quantitative estimate of drug-likeness (QED) is 0.562. The Kier molecular flexibility index (Phi) is 3.10. The number of carbonyl (C=O) groups excluding carboxylic acids is 1. The summed E-state index contributed by atoms with van der Waals surface area (Å²) in [6, 6.07) is 1.39. The molecule has 2 aliphatic rings. The van der Waals surface area contributed by atoms with Gasteiger partial charge in [0, 0.05) is 12.2 Å². The Morgan fingerprint density at radius 2 is 2.00 bits per heavy atom. The molecule has 1 aromatic rings. The van der Waals surface area contributed by atoms with Gasteiger partial charge < -0.3 is 5.32 Å². The maximum absolute atomic E-state index is 13.9. The lowest BCUT2D eigenvalue weighted by Crippen LogP contribution is -2.26. The van der Waals surface area contributed by atoms with E-state index in [1.807, 2.05) is 0 Å². The number of halogens is 1. The molecule has 0 bridgehead atoms. The van der Waals surface area contributed by atoms with Crippen molar-refractivity contribution < 1.29 is 14.4 Å². The molecule has 0 spiro atoms. The Morgan fingerprint density at radius 3 is 2.47 bits per heavy atom. The van der Waals surface area contributed by atoms with Gasteiger partial charge in [0.1, 0.15) is 0 Å². The smallest absolute Gasteiger partial charge is 0.276 e. The van der Waals surface area contributed by atoms with Gasteiger partial charge in [0.15, 0.2) is 11.6 Å². The molecule has 0 aliphatic heterocycles. The zero-order valence-electron chi connectivity index (χ0n) is 10.4. The third-order valence-electron chi connectivity index (χ3n) is 3.77. The number of hydroxylamine groups is 1. The highest BCUT2D eigenvalue weighted by molar-refractivity contribution is 5.93. The van der Waals surface area contributed by atoms with Crippen LogP contribution in [0.3, 0.4) is 0 Å². The molecule has 6 heteroatoms. The van der Waals surface area contributed by atoms with Crippen LogP contribution in [0.15, 0.2) is 12.3 Å². The lowest BCUT2D eigenvalue weighted by atomic mass is 10.1. The van der Waals surface area contributed by atoms with E-state index in [1.165, 1.54) is 37.4 Å². The van der Waals surface area contributed by atoms with Gasteiger partial charge in [0.05, 0.1) is 5.56 Å². The van der Waals surface area contributed by atoms with Crippen LogP contribution in [-0.2, 0) is 0 Å². The second-order valence-electron chi connectivity index (χ2n) is 5.34. The van der Waals surface area contributed by atoms with Gasteiger partial charge in [-0.15, -0.1) is 0 Å². The number of aromatic nitrogens is 1. The normalized spacial score (nSPS) is 18.5. The van der Waals surface area contributed by atoms with E-state index in [0.29, 0.717) is 17.9 Å². The van der Waals surface area contributed by atoms with Crippen LogP contribution in [0.5, 0.6) is 0 Å². The molecule has 0 saturated heterocycles. The summed E-state index contributed by atoms with van der Waals surface area (Å²) in [6.45, 7) is 0. The summed E-state index contributed by atoms with van der Waals surface area (Å²) >= 11 is 0. The molecule has 3 N–H and O–H groups in total. The van der Waals surface area contributed by atoms with E-state index in [-0.39, 0.29) is 11.4 Å². The van der Waals surface area contributed by atoms with Crippen LogP contribution >= 0.6 is 0 Å². The minimum atomic E-state index is -0.765. The van der Waals surface area contributed by atoms with Gasteiger partial charge >= 0.3 is 0 Å². The van der Waals surface area contributed by atoms with Crippen LogP contribution in [0.2, 0.25) is 0 Å². The number of rotatable bonds is 5. The summed E-state index contributed by atoms with van der Waals surface area (Å²) in [7, 11) is 0. The molecule has 0 aromatic carbocycles. The van der Waals surface area contributed by atoms with E-state index in [0.717, 1.165) is 6.07 Å². The first-order valence-electron chi connectivity index (χ1n) is 6.55. The highest BCUT2D eigenvalue weighted by Gasteiger charge is 2.41. The Morgan fingerprint density at radius 1 is 1.37 bits per heavy atom. The zero-order chi connectivity index (χ0) is 13.4. The van der Waals surface area contributed by atoms with Gasteiger partial charge in [-0.2, -0.15) is 0 Å². The third-order valence-corrected chi connectivity index (χ3v) is 3.77. The SMILES string of the molecule is O=C(NO)c1cnc(NC(C2CC2)C2CC2)c(F)c1. The maximum Gasteiger partial charge on any atom is 0.276 e. The van der Waals surface area contributed by atoms with Crippen LogP contribution in [0.4, 0.5) is 10.2 Å². The molecule has 3 rings (SSSR count). The lowest BCUT2D eigenvalue weighted by Gasteiger charge is -2.18. The average molecular weight is 265 g/mol. The fourth-order valence-electron chi connectivity index (χ4n) is 2.42. The molecule has 102 valence electrons. The zero-order valence-corrected chi connectivity index (χ0v) is 10.4. The van der Waals surface area contributed by atoms with Gasteiger partial charge in [-0.1, -0.05) is 0 Å². The number of carbonyl (C=O) groups is 1. The van der Waals surface area contributed by atoms with Crippen molar-refractivity contribution in [1.82, 2.24) is 10.5 Å². The number of pyridine rings is 1. The van der Waals surface area contributed by atoms with Crippen molar-refractivity contribution in [3.05, 3.63) is 23.6 Å². The van der Waals surface area contributed by atoms with Crippen LogP contribution in [0.25, 0.3) is 0 Å². The van der Waals surface area contributed by atoms with E-state index in [1.54, 1.807) is 0 Å². The predicted octanol–water partition coefficient (Wildman–Crippen LogP) is 1.94. The standard InChI is InChI=1S/C13H16FN3O2/c14-10-5-9(13(18)17-19)6-15-12(10)16-11(7-1-2-7)8-3-4-8/h5-8,11,19H,1-4H2,(H,15,16)(H,17,18). The fraction of sp³-hybridized carbons (Fsp3) is 0.538. The Bertz CT molecular complexity index is 489. The first-order valence-corrected chi connectivity index (χ1v) is 6.55. The molecule has 1 amide bonds.